The van der Waals surface area contributed by atoms with Gasteiger partial charge in [0.25, 0.3) is 10.1 Å². The van der Waals surface area contributed by atoms with Crippen molar-refractivity contribution in [1.29, 1.82) is 0 Å². The number of benzene rings is 1. The molecule has 0 spiro atoms. The van der Waals surface area contributed by atoms with E-state index in [0.29, 0.717) is 28.4 Å². The fraction of sp³-hybridized carbons (Fsp3) is 0.571. The second kappa shape index (κ2) is 9.04. The molecule has 4 unspecified atom stereocenters. The van der Waals surface area contributed by atoms with Crippen molar-refractivity contribution in [1.82, 2.24) is 0 Å². The number of carbonyl (C=O) groups is 2. The van der Waals surface area contributed by atoms with E-state index in [-0.39, 0.29) is 44.6 Å². The normalized spacial score (nSPS) is 35.5. The van der Waals surface area contributed by atoms with Gasteiger partial charge in [0.05, 0.1) is 5.75 Å². The Morgan fingerprint density at radius 3 is 1.74 bits per heavy atom. The zero-order valence-corrected chi connectivity index (χ0v) is 26.2. The third-order valence-electron chi connectivity index (χ3n) is 10.2. The number of ketones is 2. The summed E-state index contributed by atoms with van der Waals surface area (Å²) in [5.74, 6) is -1.68. The van der Waals surface area contributed by atoms with E-state index >= 15 is 0 Å². The third kappa shape index (κ3) is 4.41. The van der Waals surface area contributed by atoms with Crippen molar-refractivity contribution >= 4 is 44.0 Å². The average Bonchev–Trinajstić information content (AvgIpc) is 3.11. The number of allylic oxidation sites excluding steroid dienone is 2. The van der Waals surface area contributed by atoms with Gasteiger partial charge >= 0.3 is 193 Å². The molecule has 5 rings (SSSR count). The molecule has 4 fully saturated rings. The summed E-state index contributed by atoms with van der Waals surface area (Å²) in [5.41, 5.74) is -0.647. The van der Waals surface area contributed by atoms with Gasteiger partial charge in [-0.25, -0.2) is 0 Å². The summed E-state index contributed by atoms with van der Waals surface area (Å²) in [6, 6.07) is 7.39. The van der Waals surface area contributed by atoms with Crippen LogP contribution in [-0.4, -0.2) is 57.9 Å². The Hall–Kier alpha value is -1.41. The van der Waals surface area contributed by atoms with E-state index in [1.165, 1.54) is 0 Å². The number of rotatable bonds is 6. The van der Waals surface area contributed by atoms with E-state index in [0.717, 1.165) is 15.6 Å². The van der Waals surface area contributed by atoms with Gasteiger partial charge < -0.3 is 0 Å². The van der Waals surface area contributed by atoms with Gasteiger partial charge in [0, 0.05) is 0 Å². The number of alkyl halides is 2. The van der Waals surface area contributed by atoms with E-state index in [4.69, 9.17) is 0 Å². The molecular weight excluding hydrogens is 655 g/mol. The Morgan fingerprint density at radius 1 is 0.795 bits per heavy atom. The average molecular weight is 690 g/mol. The first-order chi connectivity index (χ1) is 17.8. The second-order valence-electron chi connectivity index (χ2n) is 12.7. The molecule has 2 N–H and O–H groups in total. The topological polar surface area (TPSA) is 143 Å². The van der Waals surface area contributed by atoms with Crippen LogP contribution in [0.4, 0.5) is 0 Å². The van der Waals surface area contributed by atoms with Crippen LogP contribution in [0.15, 0.2) is 35.4 Å². The molecule has 4 atom stereocenters. The van der Waals surface area contributed by atoms with Crippen molar-refractivity contribution in [2.75, 3.05) is 20.4 Å². The fourth-order valence-corrected chi connectivity index (χ4v) is 15.6. The van der Waals surface area contributed by atoms with Gasteiger partial charge in [-0.15, -0.1) is 0 Å². The fourth-order valence-electron chi connectivity index (χ4n) is 7.69. The van der Waals surface area contributed by atoms with E-state index in [2.05, 4.69) is 0 Å². The van der Waals surface area contributed by atoms with E-state index in [1.807, 2.05) is 58.0 Å². The number of halogens is 1. The van der Waals surface area contributed by atoms with Gasteiger partial charge in [-0.1, -0.05) is 13.8 Å². The summed E-state index contributed by atoms with van der Waals surface area (Å²) in [5, 5.41) is 0. The Bertz CT molecular complexity index is 1540. The van der Waals surface area contributed by atoms with Gasteiger partial charge in [0.2, 0.25) is 0 Å². The molecule has 39 heavy (non-hydrogen) atoms. The summed E-state index contributed by atoms with van der Waals surface area (Å²) < 4.78 is 68.0. The minimum absolute atomic E-state index is 0.0667. The number of hydrogen-bond acceptors (Lipinski definition) is 6. The molecule has 1 aromatic rings. The molecule has 8 nitrogen and oxygen atoms in total. The molecule has 11 heteroatoms. The molecule has 3 aliphatic carbocycles. The SMILES string of the molecule is CC1(C)C2CCC1(CS(=O)(=O)O)C(=O)/C2=C\c1ccc(/C=C2\C(=O)C3(CS(=O)(=O)O)C[I-]CC2C3(C)C)cc1. The summed E-state index contributed by atoms with van der Waals surface area (Å²) >= 11 is -0.370. The molecule has 1 aromatic carbocycles. The standard InChI is InChI=1S/C28H34IO8S2/c1-25(2)21-9-10-27(25,15-38(32,33)34)23(30)19(21)11-17-5-7-18(8-6-17)12-20-22-13-29-14-28(24(20)31,26(22,3)4)16-39(35,36)37/h5-8,11-12,21-22H,9-10,13-16H2,1-4H3,(H,32,33,34)(H,35,36,37)/q-1/b19-11-,20-12-. The quantitative estimate of drug-likeness (QED) is 0.191. The monoisotopic (exact) mass is 689 g/mol. The van der Waals surface area contributed by atoms with Gasteiger partial charge in [-0.3, -0.25) is 4.55 Å². The maximum absolute atomic E-state index is 13.7. The van der Waals surface area contributed by atoms with Crippen molar-refractivity contribution in [2.24, 2.45) is 33.5 Å². The minimum atomic E-state index is -4.33. The van der Waals surface area contributed by atoms with Crippen LogP contribution >= 0.6 is 0 Å². The maximum atomic E-state index is 13.7. The molecule has 214 valence electrons. The van der Waals surface area contributed by atoms with Crippen LogP contribution in [0.2, 0.25) is 0 Å². The third-order valence-corrected chi connectivity index (χ3v) is 15.3. The summed E-state index contributed by atoms with van der Waals surface area (Å²) in [6.07, 6.45) is 4.75. The Kier molecular flexibility index (Phi) is 6.75. The van der Waals surface area contributed by atoms with Crippen LogP contribution in [0.25, 0.3) is 12.2 Å². The van der Waals surface area contributed by atoms with Gasteiger partial charge in [-0.05, 0) is 6.42 Å². The Balaban J connectivity index is 1.45. The molecule has 0 amide bonds. The van der Waals surface area contributed by atoms with Crippen LogP contribution in [-0.2, 0) is 29.8 Å². The molecular formula is C28H34IO8S2-. The second-order valence-corrected chi connectivity index (χ2v) is 18.3. The number of carbonyl (C=O) groups excluding carboxylic acids is 2. The van der Waals surface area contributed by atoms with Gasteiger partial charge in [0.15, 0.2) is 0 Å². The zero-order chi connectivity index (χ0) is 28.8. The predicted octanol–water partition coefficient (Wildman–Crippen LogP) is 0.548. The molecule has 1 aliphatic heterocycles. The van der Waals surface area contributed by atoms with Gasteiger partial charge in [0.1, 0.15) is 0 Å². The number of Topliss-reactive ketones (excluding diaryl/α,β-unsaturated/α-hetero) is 2. The molecule has 0 radical (unpaired) electrons. The van der Waals surface area contributed by atoms with Crippen molar-refractivity contribution in [3.63, 3.8) is 0 Å². The predicted molar refractivity (Wildman–Crippen MR) is 144 cm³/mol. The van der Waals surface area contributed by atoms with Crippen LogP contribution < -0.4 is 21.2 Å². The number of hydrogen-bond donors (Lipinski definition) is 2. The van der Waals surface area contributed by atoms with E-state index in [9.17, 15) is 35.5 Å². The van der Waals surface area contributed by atoms with Crippen LogP contribution in [0, 0.1) is 33.5 Å². The molecule has 4 aliphatic rings. The first-order valence-corrected chi connectivity index (χ1v) is 19.2. The Labute approximate surface area is 240 Å². The van der Waals surface area contributed by atoms with Crippen molar-refractivity contribution in [3.8, 4) is 0 Å². The molecule has 4 bridgehead atoms. The molecule has 1 saturated heterocycles. The van der Waals surface area contributed by atoms with Crippen LogP contribution in [0.3, 0.4) is 0 Å². The summed E-state index contributed by atoms with van der Waals surface area (Å²) in [7, 11) is -8.66. The van der Waals surface area contributed by atoms with Crippen molar-refractivity contribution in [3.05, 3.63) is 46.5 Å². The molecule has 0 aromatic heterocycles. The Morgan fingerprint density at radius 2 is 1.23 bits per heavy atom. The van der Waals surface area contributed by atoms with Crippen molar-refractivity contribution in [2.45, 2.75) is 40.5 Å². The molecule has 1 heterocycles. The van der Waals surface area contributed by atoms with Crippen LogP contribution in [0.1, 0.15) is 51.7 Å². The van der Waals surface area contributed by atoms with Gasteiger partial charge in [-0.2, -0.15) is 8.42 Å². The van der Waals surface area contributed by atoms with E-state index < -0.39 is 53.4 Å². The summed E-state index contributed by atoms with van der Waals surface area (Å²) in [6.45, 7) is 7.67. The van der Waals surface area contributed by atoms with E-state index in [1.54, 1.807) is 6.08 Å². The number of fused-ring (bicyclic) bond motifs is 4. The first-order valence-electron chi connectivity index (χ1n) is 12.9. The zero-order valence-electron chi connectivity index (χ0n) is 22.4. The molecule has 3 saturated carbocycles. The summed E-state index contributed by atoms with van der Waals surface area (Å²) in [4.78, 5) is 27.1. The van der Waals surface area contributed by atoms with Crippen molar-refractivity contribution < 1.29 is 56.7 Å². The first kappa shape index (κ1) is 29.1. The van der Waals surface area contributed by atoms with Crippen LogP contribution in [0.5, 0.6) is 0 Å².